The van der Waals surface area contributed by atoms with Crippen molar-refractivity contribution < 1.29 is 9.59 Å². The third kappa shape index (κ3) is 3.47. The molecule has 1 N–H and O–H groups in total. The lowest BCUT2D eigenvalue weighted by Gasteiger charge is -2.34. The first kappa shape index (κ1) is 16.5. The molecule has 0 aliphatic carbocycles. The van der Waals surface area contributed by atoms with E-state index >= 15 is 0 Å². The van der Waals surface area contributed by atoms with Crippen molar-refractivity contribution in [2.45, 2.75) is 26.8 Å². The fourth-order valence-corrected chi connectivity index (χ4v) is 2.76. The van der Waals surface area contributed by atoms with Crippen LogP contribution < -0.4 is 5.32 Å². The number of benzene rings is 1. The second kappa shape index (κ2) is 7.40. The molecule has 22 heavy (non-hydrogen) atoms. The summed E-state index contributed by atoms with van der Waals surface area (Å²) in [4.78, 5) is 28.5. The zero-order valence-electron chi connectivity index (χ0n) is 13.6. The average molecular weight is 303 g/mol. The monoisotopic (exact) mass is 303 g/mol. The Kier molecular flexibility index (Phi) is 5.55. The van der Waals surface area contributed by atoms with Crippen LogP contribution in [0.4, 0.5) is 0 Å². The van der Waals surface area contributed by atoms with E-state index < -0.39 is 0 Å². The molecule has 1 fully saturated rings. The molecule has 1 saturated heterocycles. The van der Waals surface area contributed by atoms with E-state index in [1.807, 2.05) is 25.7 Å². The fourth-order valence-electron chi connectivity index (χ4n) is 2.76. The van der Waals surface area contributed by atoms with Crippen LogP contribution in [0, 0.1) is 0 Å². The van der Waals surface area contributed by atoms with E-state index in [0.29, 0.717) is 24.2 Å². The zero-order valence-corrected chi connectivity index (χ0v) is 13.6. The van der Waals surface area contributed by atoms with E-state index in [1.54, 1.807) is 29.2 Å². The quantitative estimate of drug-likeness (QED) is 0.919. The Bertz CT molecular complexity index is 523. The standard InChI is InChI=1S/C17H25N3O2/c1-4-19(5-2)16(21)14-6-8-15(9-7-14)17(22)20-11-10-18-12-13(20)3/h6-9,13,18H,4-5,10-12H2,1-3H3/t13-/m1/s1. The van der Waals surface area contributed by atoms with Crippen molar-refractivity contribution in [1.29, 1.82) is 0 Å². The Morgan fingerprint density at radius 1 is 1.18 bits per heavy atom. The van der Waals surface area contributed by atoms with Gasteiger partial charge in [-0.2, -0.15) is 0 Å². The maximum atomic E-state index is 12.5. The van der Waals surface area contributed by atoms with Crippen molar-refractivity contribution >= 4 is 11.8 Å². The molecule has 0 spiro atoms. The van der Waals surface area contributed by atoms with Crippen LogP contribution in [-0.2, 0) is 0 Å². The van der Waals surface area contributed by atoms with Gasteiger partial charge in [-0.3, -0.25) is 9.59 Å². The van der Waals surface area contributed by atoms with Gasteiger partial charge >= 0.3 is 0 Å². The minimum absolute atomic E-state index is 0.0135. The summed E-state index contributed by atoms with van der Waals surface area (Å²) < 4.78 is 0. The highest BCUT2D eigenvalue weighted by Crippen LogP contribution is 2.13. The summed E-state index contributed by atoms with van der Waals surface area (Å²) in [6.45, 7) is 9.72. The molecule has 2 rings (SSSR count). The molecule has 0 radical (unpaired) electrons. The number of carbonyl (C=O) groups is 2. The average Bonchev–Trinajstić information content (AvgIpc) is 2.56. The van der Waals surface area contributed by atoms with Gasteiger partial charge < -0.3 is 15.1 Å². The smallest absolute Gasteiger partial charge is 0.254 e. The number of hydrogen-bond acceptors (Lipinski definition) is 3. The van der Waals surface area contributed by atoms with Gasteiger partial charge in [-0.15, -0.1) is 0 Å². The Morgan fingerprint density at radius 3 is 2.32 bits per heavy atom. The molecule has 1 aromatic carbocycles. The van der Waals surface area contributed by atoms with Crippen LogP contribution in [0.5, 0.6) is 0 Å². The van der Waals surface area contributed by atoms with Gasteiger partial charge in [0, 0.05) is 49.9 Å². The van der Waals surface area contributed by atoms with Crippen molar-refractivity contribution in [1.82, 2.24) is 15.1 Å². The molecular weight excluding hydrogens is 278 g/mol. The summed E-state index contributed by atoms with van der Waals surface area (Å²) in [7, 11) is 0. The van der Waals surface area contributed by atoms with Crippen LogP contribution in [0.15, 0.2) is 24.3 Å². The molecule has 0 aromatic heterocycles. The Morgan fingerprint density at radius 2 is 1.77 bits per heavy atom. The van der Waals surface area contributed by atoms with Gasteiger partial charge in [0.05, 0.1) is 0 Å². The number of hydrogen-bond donors (Lipinski definition) is 1. The van der Waals surface area contributed by atoms with E-state index in [0.717, 1.165) is 19.6 Å². The van der Waals surface area contributed by atoms with Gasteiger partial charge in [0.1, 0.15) is 0 Å². The lowest BCUT2D eigenvalue weighted by molar-refractivity contribution is 0.0654. The number of nitrogens with one attached hydrogen (secondary N) is 1. The highest BCUT2D eigenvalue weighted by atomic mass is 16.2. The third-order valence-corrected chi connectivity index (χ3v) is 4.19. The Balaban J connectivity index is 2.11. The highest BCUT2D eigenvalue weighted by molar-refractivity contribution is 5.98. The summed E-state index contributed by atoms with van der Waals surface area (Å²) in [5.41, 5.74) is 1.28. The minimum Gasteiger partial charge on any atom is -0.339 e. The lowest BCUT2D eigenvalue weighted by atomic mass is 10.1. The van der Waals surface area contributed by atoms with Crippen LogP contribution >= 0.6 is 0 Å². The van der Waals surface area contributed by atoms with Crippen molar-refractivity contribution in [3.05, 3.63) is 35.4 Å². The highest BCUT2D eigenvalue weighted by Gasteiger charge is 2.24. The van der Waals surface area contributed by atoms with Crippen LogP contribution in [0.1, 0.15) is 41.5 Å². The van der Waals surface area contributed by atoms with E-state index in [9.17, 15) is 9.59 Å². The predicted molar refractivity (Wildman–Crippen MR) is 87.1 cm³/mol. The predicted octanol–water partition coefficient (Wildman–Crippen LogP) is 1.60. The summed E-state index contributed by atoms with van der Waals surface area (Å²) in [6, 6.07) is 7.21. The molecule has 1 atom stereocenters. The number of rotatable bonds is 4. The van der Waals surface area contributed by atoms with Gasteiger partial charge in [0.2, 0.25) is 0 Å². The van der Waals surface area contributed by atoms with Crippen LogP contribution in [-0.4, -0.2) is 60.4 Å². The second-order valence-corrected chi connectivity index (χ2v) is 5.61. The van der Waals surface area contributed by atoms with Gasteiger partial charge in [-0.05, 0) is 45.0 Å². The minimum atomic E-state index is 0.0135. The van der Waals surface area contributed by atoms with Gasteiger partial charge in [0.25, 0.3) is 11.8 Å². The van der Waals surface area contributed by atoms with E-state index in [1.165, 1.54) is 0 Å². The number of carbonyl (C=O) groups excluding carboxylic acids is 2. The summed E-state index contributed by atoms with van der Waals surface area (Å²) in [5, 5.41) is 3.28. The normalized spacial score (nSPS) is 18.1. The van der Waals surface area contributed by atoms with Crippen molar-refractivity contribution in [2.75, 3.05) is 32.7 Å². The summed E-state index contributed by atoms with van der Waals surface area (Å²) in [6.07, 6.45) is 0. The molecule has 0 saturated carbocycles. The Hall–Kier alpha value is -1.88. The van der Waals surface area contributed by atoms with Crippen molar-refractivity contribution in [3.8, 4) is 0 Å². The van der Waals surface area contributed by atoms with Crippen LogP contribution in [0.2, 0.25) is 0 Å². The summed E-state index contributed by atoms with van der Waals surface area (Å²) >= 11 is 0. The van der Waals surface area contributed by atoms with E-state index in [4.69, 9.17) is 0 Å². The number of piperazine rings is 1. The molecule has 0 unspecified atom stereocenters. The van der Waals surface area contributed by atoms with Crippen molar-refractivity contribution in [2.24, 2.45) is 0 Å². The number of amides is 2. The molecule has 5 nitrogen and oxygen atoms in total. The third-order valence-electron chi connectivity index (χ3n) is 4.19. The SMILES string of the molecule is CCN(CC)C(=O)c1ccc(C(=O)N2CCNC[C@H]2C)cc1. The first-order valence-corrected chi connectivity index (χ1v) is 7.99. The van der Waals surface area contributed by atoms with Gasteiger partial charge in [-0.25, -0.2) is 0 Å². The topological polar surface area (TPSA) is 52.7 Å². The van der Waals surface area contributed by atoms with Gasteiger partial charge in [0.15, 0.2) is 0 Å². The maximum Gasteiger partial charge on any atom is 0.254 e. The Labute approximate surface area is 132 Å². The lowest BCUT2D eigenvalue weighted by Crippen LogP contribution is -2.52. The molecule has 120 valence electrons. The first-order chi connectivity index (χ1) is 10.6. The molecule has 1 aliphatic rings. The van der Waals surface area contributed by atoms with E-state index in [2.05, 4.69) is 5.32 Å². The molecule has 5 heteroatoms. The fraction of sp³-hybridized carbons (Fsp3) is 0.529. The first-order valence-electron chi connectivity index (χ1n) is 7.99. The molecule has 1 aromatic rings. The molecule has 0 bridgehead atoms. The summed E-state index contributed by atoms with van der Waals surface area (Å²) in [5.74, 6) is 0.0513. The second-order valence-electron chi connectivity index (χ2n) is 5.61. The number of nitrogens with zero attached hydrogens (tertiary/aromatic N) is 2. The molecular formula is C17H25N3O2. The van der Waals surface area contributed by atoms with Crippen molar-refractivity contribution in [3.63, 3.8) is 0 Å². The van der Waals surface area contributed by atoms with Crippen LogP contribution in [0.3, 0.4) is 0 Å². The van der Waals surface area contributed by atoms with E-state index in [-0.39, 0.29) is 17.9 Å². The largest absolute Gasteiger partial charge is 0.339 e. The zero-order chi connectivity index (χ0) is 16.1. The molecule has 1 aliphatic heterocycles. The molecule has 2 amide bonds. The van der Waals surface area contributed by atoms with Crippen LogP contribution in [0.25, 0.3) is 0 Å². The molecule has 1 heterocycles. The maximum absolute atomic E-state index is 12.5. The van der Waals surface area contributed by atoms with Gasteiger partial charge in [-0.1, -0.05) is 0 Å².